The average Bonchev–Trinajstić information content (AvgIpc) is 2.64. The molecule has 0 aromatic heterocycles. The van der Waals surface area contributed by atoms with Crippen LogP contribution in [0.25, 0.3) is 0 Å². The van der Waals surface area contributed by atoms with Crippen molar-refractivity contribution in [1.29, 1.82) is 0 Å². The number of hydrogen-bond donors (Lipinski definition) is 2. The Morgan fingerprint density at radius 3 is 2.60 bits per heavy atom. The molecule has 0 spiro atoms. The molecule has 3 rings (SSSR count). The molecule has 3 unspecified atom stereocenters. The van der Waals surface area contributed by atoms with E-state index < -0.39 is 0 Å². The van der Waals surface area contributed by atoms with Crippen molar-refractivity contribution in [3.63, 3.8) is 0 Å². The fourth-order valence-corrected chi connectivity index (χ4v) is 4.56. The van der Waals surface area contributed by atoms with Gasteiger partial charge in [-0.3, -0.25) is 4.90 Å². The van der Waals surface area contributed by atoms with E-state index in [0.29, 0.717) is 5.92 Å². The third-order valence-corrected chi connectivity index (χ3v) is 6.01. The number of nitrogens with two attached hydrogens (primary N) is 1. The van der Waals surface area contributed by atoms with Crippen LogP contribution >= 0.6 is 0 Å². The molecule has 0 amide bonds. The molecule has 5 heteroatoms. The topological polar surface area (TPSA) is 68.0 Å². The molecule has 0 bridgehead atoms. The van der Waals surface area contributed by atoms with Crippen LogP contribution < -0.4 is 15.2 Å². The van der Waals surface area contributed by atoms with Gasteiger partial charge in [-0.05, 0) is 48.4 Å². The van der Waals surface area contributed by atoms with Crippen molar-refractivity contribution in [3.8, 4) is 11.5 Å². The van der Waals surface area contributed by atoms with Crippen LogP contribution in [-0.2, 0) is 6.42 Å². The first-order chi connectivity index (χ1) is 12.1. The monoisotopic (exact) mass is 348 g/mol. The molecule has 2 heterocycles. The van der Waals surface area contributed by atoms with Crippen LogP contribution in [0.2, 0.25) is 0 Å². The van der Waals surface area contributed by atoms with Gasteiger partial charge in [-0.1, -0.05) is 19.8 Å². The number of piperidine rings is 1. The van der Waals surface area contributed by atoms with Crippen molar-refractivity contribution < 1.29 is 14.6 Å². The molecular weight excluding hydrogens is 316 g/mol. The van der Waals surface area contributed by atoms with Crippen molar-refractivity contribution >= 4 is 0 Å². The highest BCUT2D eigenvalue weighted by Gasteiger charge is 2.41. The molecular formula is C20H32N2O3. The maximum Gasteiger partial charge on any atom is 0.161 e. The van der Waals surface area contributed by atoms with Gasteiger partial charge in [-0.25, -0.2) is 0 Å². The second-order valence-electron chi connectivity index (χ2n) is 7.46. The van der Waals surface area contributed by atoms with Gasteiger partial charge in [0.25, 0.3) is 0 Å². The third kappa shape index (κ3) is 3.50. The molecule has 2 aliphatic heterocycles. The number of nitrogens with zero attached hydrogens (tertiary/aromatic N) is 1. The molecule has 140 valence electrons. The lowest BCUT2D eigenvalue weighted by molar-refractivity contribution is 0.0116. The highest BCUT2D eigenvalue weighted by Crippen LogP contribution is 2.44. The van der Waals surface area contributed by atoms with E-state index in [9.17, 15) is 5.11 Å². The molecule has 1 aromatic rings. The third-order valence-electron chi connectivity index (χ3n) is 6.01. The first-order valence-corrected chi connectivity index (χ1v) is 9.49. The Kier molecular flexibility index (Phi) is 5.87. The molecule has 1 saturated heterocycles. The van der Waals surface area contributed by atoms with Crippen LogP contribution in [0.1, 0.15) is 49.8 Å². The highest BCUT2D eigenvalue weighted by atomic mass is 16.5. The minimum atomic E-state index is 0.159. The minimum absolute atomic E-state index is 0.159. The summed E-state index contributed by atoms with van der Waals surface area (Å²) in [5, 5.41) is 9.98. The normalized spacial score (nSPS) is 29.0. The van der Waals surface area contributed by atoms with Crippen molar-refractivity contribution in [3.05, 3.63) is 23.3 Å². The fraction of sp³-hybridized carbons (Fsp3) is 0.700. The number of aliphatic hydroxyl groups is 1. The van der Waals surface area contributed by atoms with E-state index in [0.717, 1.165) is 30.9 Å². The molecule has 0 aliphatic carbocycles. The predicted molar refractivity (Wildman–Crippen MR) is 99.2 cm³/mol. The molecule has 5 nitrogen and oxygen atoms in total. The van der Waals surface area contributed by atoms with E-state index in [1.807, 2.05) is 0 Å². The van der Waals surface area contributed by atoms with Crippen LogP contribution in [0.4, 0.5) is 0 Å². The van der Waals surface area contributed by atoms with E-state index >= 15 is 0 Å². The Balaban J connectivity index is 1.93. The Morgan fingerprint density at radius 1 is 1.24 bits per heavy atom. The largest absolute Gasteiger partial charge is 0.493 e. The second-order valence-corrected chi connectivity index (χ2v) is 7.46. The summed E-state index contributed by atoms with van der Waals surface area (Å²) in [5.41, 5.74) is 9.08. The number of methoxy groups -OCH3 is 2. The van der Waals surface area contributed by atoms with E-state index in [4.69, 9.17) is 15.2 Å². The van der Waals surface area contributed by atoms with Crippen molar-refractivity contribution in [2.45, 2.75) is 57.2 Å². The summed E-state index contributed by atoms with van der Waals surface area (Å²) in [6, 6.07) is 4.81. The summed E-state index contributed by atoms with van der Waals surface area (Å²) in [6.07, 6.45) is 5.39. The van der Waals surface area contributed by atoms with Crippen molar-refractivity contribution in [2.24, 2.45) is 11.7 Å². The Morgan fingerprint density at radius 2 is 1.96 bits per heavy atom. The number of unbranched alkanes of at least 4 members (excludes halogenated alkanes) is 1. The van der Waals surface area contributed by atoms with Gasteiger partial charge >= 0.3 is 0 Å². The molecule has 4 atom stereocenters. The van der Waals surface area contributed by atoms with Crippen molar-refractivity contribution in [2.75, 3.05) is 27.4 Å². The summed E-state index contributed by atoms with van der Waals surface area (Å²) in [4.78, 5) is 2.48. The summed E-state index contributed by atoms with van der Waals surface area (Å²) in [7, 11) is 3.34. The number of benzene rings is 1. The van der Waals surface area contributed by atoms with Crippen LogP contribution in [0, 0.1) is 5.92 Å². The van der Waals surface area contributed by atoms with Crippen LogP contribution in [0.3, 0.4) is 0 Å². The number of aliphatic hydroxyl groups excluding tert-OH is 1. The van der Waals surface area contributed by atoms with E-state index in [1.54, 1.807) is 14.2 Å². The first kappa shape index (κ1) is 18.5. The predicted octanol–water partition coefficient (Wildman–Crippen LogP) is 2.50. The van der Waals surface area contributed by atoms with Gasteiger partial charge in [0, 0.05) is 24.7 Å². The van der Waals surface area contributed by atoms with E-state index in [1.165, 1.54) is 30.4 Å². The van der Waals surface area contributed by atoms with Gasteiger partial charge in [0.05, 0.1) is 20.8 Å². The van der Waals surface area contributed by atoms with Gasteiger partial charge in [-0.15, -0.1) is 0 Å². The van der Waals surface area contributed by atoms with Gasteiger partial charge in [-0.2, -0.15) is 0 Å². The highest BCUT2D eigenvalue weighted by molar-refractivity contribution is 5.50. The van der Waals surface area contributed by atoms with Crippen molar-refractivity contribution in [1.82, 2.24) is 4.90 Å². The number of ether oxygens (including phenoxy) is 2. The smallest absolute Gasteiger partial charge is 0.161 e. The molecule has 1 aromatic carbocycles. The van der Waals surface area contributed by atoms with E-state index in [2.05, 4.69) is 24.0 Å². The average molecular weight is 348 g/mol. The summed E-state index contributed by atoms with van der Waals surface area (Å²) < 4.78 is 11.0. The van der Waals surface area contributed by atoms with Gasteiger partial charge < -0.3 is 20.3 Å². The Bertz CT molecular complexity index is 593. The lowest BCUT2D eigenvalue weighted by Gasteiger charge is -2.50. The summed E-state index contributed by atoms with van der Waals surface area (Å²) in [5.74, 6) is 2.05. The standard InChI is InChI=1S/C20H32N2O3/c1-4-5-6-13-11-22-15(12-23)7-14-8-19(24-2)20(25-3)9-16(14)18(22)10-17(13)21/h8-9,13,15,17-18,23H,4-7,10-12,21H2,1-3H3/t13?,15-,17?,18?/m0/s1. The minimum Gasteiger partial charge on any atom is -0.493 e. The number of fused-ring (bicyclic) bond motifs is 3. The SMILES string of the molecule is CCCCC1CN2C(CC1N)c1cc(OC)c(OC)cc1C[C@H]2CO. The molecule has 1 fully saturated rings. The molecule has 2 aliphatic rings. The van der Waals surface area contributed by atoms with E-state index in [-0.39, 0.29) is 24.7 Å². The lowest BCUT2D eigenvalue weighted by atomic mass is 9.77. The quantitative estimate of drug-likeness (QED) is 0.827. The Labute approximate surface area is 151 Å². The van der Waals surface area contributed by atoms with Crippen LogP contribution in [0.5, 0.6) is 11.5 Å². The molecule has 0 radical (unpaired) electrons. The zero-order chi connectivity index (χ0) is 18.0. The number of hydrogen-bond acceptors (Lipinski definition) is 5. The van der Waals surface area contributed by atoms with Gasteiger partial charge in [0.2, 0.25) is 0 Å². The maximum absolute atomic E-state index is 9.98. The molecule has 3 N–H and O–H groups in total. The molecule has 0 saturated carbocycles. The maximum atomic E-state index is 9.98. The lowest BCUT2D eigenvalue weighted by Crippen LogP contribution is -2.55. The number of rotatable bonds is 6. The summed E-state index contributed by atoms with van der Waals surface area (Å²) in [6.45, 7) is 3.38. The Hall–Kier alpha value is -1.30. The van der Waals surface area contributed by atoms with Gasteiger partial charge in [0.1, 0.15) is 0 Å². The van der Waals surface area contributed by atoms with Gasteiger partial charge in [0.15, 0.2) is 11.5 Å². The fourth-order valence-electron chi connectivity index (χ4n) is 4.56. The van der Waals surface area contributed by atoms with Crippen LogP contribution in [-0.4, -0.2) is 49.5 Å². The second kappa shape index (κ2) is 7.94. The molecule has 25 heavy (non-hydrogen) atoms. The zero-order valence-corrected chi connectivity index (χ0v) is 15.7. The first-order valence-electron chi connectivity index (χ1n) is 9.49. The van der Waals surface area contributed by atoms with Crippen LogP contribution in [0.15, 0.2) is 12.1 Å². The zero-order valence-electron chi connectivity index (χ0n) is 15.7. The summed E-state index contributed by atoms with van der Waals surface area (Å²) >= 11 is 0.